The highest BCUT2D eigenvalue weighted by atomic mass is 35.5. The number of halogens is 1. The van der Waals surface area contributed by atoms with E-state index in [9.17, 15) is 0 Å². The second-order valence-electron chi connectivity index (χ2n) is 3.90. The topological polar surface area (TPSA) is 17.8 Å². The first-order chi connectivity index (χ1) is 5.54. The van der Waals surface area contributed by atoms with Crippen molar-refractivity contribution in [2.75, 3.05) is 5.88 Å². The van der Waals surface area contributed by atoms with Crippen LogP contribution in [-0.4, -0.2) is 15.7 Å². The van der Waals surface area contributed by atoms with Gasteiger partial charge in [0.25, 0.3) is 0 Å². The SMILES string of the molecule is CC(C)(C)n1cc(CCCl)cn1. The van der Waals surface area contributed by atoms with Crippen LogP contribution in [0.5, 0.6) is 0 Å². The Balaban J connectivity index is 2.77. The summed E-state index contributed by atoms with van der Waals surface area (Å²) in [6.45, 7) is 6.39. The number of hydrogen-bond donors (Lipinski definition) is 0. The van der Waals surface area contributed by atoms with E-state index in [1.54, 1.807) is 0 Å². The molecule has 2 nitrogen and oxygen atoms in total. The number of alkyl halides is 1. The highest BCUT2D eigenvalue weighted by Crippen LogP contribution is 2.13. The fraction of sp³-hybridized carbons (Fsp3) is 0.667. The average Bonchev–Trinajstić information content (AvgIpc) is 2.35. The summed E-state index contributed by atoms with van der Waals surface area (Å²) in [7, 11) is 0. The number of aryl methyl sites for hydroxylation is 1. The first-order valence-electron chi connectivity index (χ1n) is 4.14. The molecule has 1 rings (SSSR count). The predicted octanol–water partition coefficient (Wildman–Crippen LogP) is 2.42. The third kappa shape index (κ3) is 2.24. The van der Waals surface area contributed by atoms with Crippen molar-refractivity contribution in [3.63, 3.8) is 0 Å². The monoisotopic (exact) mass is 186 g/mol. The smallest absolute Gasteiger partial charge is 0.0543 e. The van der Waals surface area contributed by atoms with Crippen molar-refractivity contribution < 1.29 is 0 Å². The van der Waals surface area contributed by atoms with E-state index in [1.165, 1.54) is 5.56 Å². The summed E-state index contributed by atoms with van der Waals surface area (Å²) in [5.41, 5.74) is 1.28. The standard InChI is InChI=1S/C9H15ClN2/c1-9(2,3)12-7-8(4-5-10)6-11-12/h6-7H,4-5H2,1-3H3. The lowest BCUT2D eigenvalue weighted by Gasteiger charge is -2.18. The van der Waals surface area contributed by atoms with Crippen molar-refractivity contribution in [3.8, 4) is 0 Å². The summed E-state index contributed by atoms with van der Waals surface area (Å²) in [5, 5.41) is 4.26. The molecular formula is C9H15ClN2. The van der Waals surface area contributed by atoms with Crippen molar-refractivity contribution in [2.45, 2.75) is 32.7 Å². The van der Waals surface area contributed by atoms with E-state index >= 15 is 0 Å². The predicted molar refractivity (Wildman–Crippen MR) is 51.6 cm³/mol. The van der Waals surface area contributed by atoms with Crippen molar-refractivity contribution >= 4 is 11.6 Å². The van der Waals surface area contributed by atoms with Gasteiger partial charge in [0, 0.05) is 12.1 Å². The normalized spacial score (nSPS) is 12.0. The Morgan fingerprint density at radius 3 is 2.58 bits per heavy atom. The molecule has 0 radical (unpaired) electrons. The van der Waals surface area contributed by atoms with E-state index in [-0.39, 0.29) is 5.54 Å². The molecule has 0 saturated heterocycles. The molecule has 0 aliphatic heterocycles. The first-order valence-corrected chi connectivity index (χ1v) is 4.67. The zero-order valence-electron chi connectivity index (χ0n) is 7.84. The maximum absolute atomic E-state index is 5.62. The quantitative estimate of drug-likeness (QED) is 0.649. The number of aromatic nitrogens is 2. The van der Waals surface area contributed by atoms with Crippen LogP contribution in [0.1, 0.15) is 26.3 Å². The Morgan fingerprint density at radius 2 is 2.17 bits per heavy atom. The van der Waals surface area contributed by atoms with Gasteiger partial charge in [0.15, 0.2) is 0 Å². The second-order valence-corrected chi connectivity index (χ2v) is 4.28. The summed E-state index contributed by atoms with van der Waals surface area (Å²) in [6.07, 6.45) is 4.84. The van der Waals surface area contributed by atoms with Crippen LogP contribution < -0.4 is 0 Å². The highest BCUT2D eigenvalue weighted by Gasteiger charge is 2.13. The van der Waals surface area contributed by atoms with Crippen molar-refractivity contribution in [2.24, 2.45) is 0 Å². The van der Waals surface area contributed by atoms with Gasteiger partial charge < -0.3 is 0 Å². The van der Waals surface area contributed by atoms with E-state index in [2.05, 4.69) is 32.1 Å². The van der Waals surface area contributed by atoms with Crippen LogP contribution in [0.4, 0.5) is 0 Å². The zero-order valence-corrected chi connectivity index (χ0v) is 8.60. The molecule has 0 amide bonds. The molecule has 3 heteroatoms. The van der Waals surface area contributed by atoms with Crippen LogP contribution in [0.15, 0.2) is 12.4 Å². The Morgan fingerprint density at radius 1 is 1.50 bits per heavy atom. The third-order valence-electron chi connectivity index (χ3n) is 1.71. The fourth-order valence-electron chi connectivity index (χ4n) is 0.965. The molecule has 12 heavy (non-hydrogen) atoms. The molecule has 68 valence electrons. The van der Waals surface area contributed by atoms with Crippen molar-refractivity contribution in [3.05, 3.63) is 18.0 Å². The number of hydrogen-bond acceptors (Lipinski definition) is 1. The molecule has 0 aliphatic carbocycles. The highest BCUT2D eigenvalue weighted by molar-refractivity contribution is 6.17. The molecule has 0 bridgehead atoms. The molecule has 1 aromatic heterocycles. The van der Waals surface area contributed by atoms with Gasteiger partial charge in [0.1, 0.15) is 0 Å². The van der Waals surface area contributed by atoms with Crippen LogP contribution in [0.25, 0.3) is 0 Å². The molecule has 0 saturated carbocycles. The van der Waals surface area contributed by atoms with Gasteiger partial charge in [-0.05, 0) is 32.8 Å². The molecule has 1 aromatic rings. The van der Waals surface area contributed by atoms with Crippen molar-refractivity contribution in [1.82, 2.24) is 9.78 Å². The molecule has 0 unspecified atom stereocenters. The molecule has 0 aromatic carbocycles. The zero-order chi connectivity index (χ0) is 9.19. The molecule has 0 spiro atoms. The van der Waals surface area contributed by atoms with Crippen LogP contribution in [0, 0.1) is 0 Å². The minimum Gasteiger partial charge on any atom is -0.267 e. The lowest BCUT2D eigenvalue weighted by molar-refractivity contribution is 0.355. The Labute approximate surface area is 78.5 Å². The molecule has 0 atom stereocenters. The molecule has 0 fully saturated rings. The van der Waals surface area contributed by atoms with Crippen molar-refractivity contribution in [1.29, 1.82) is 0 Å². The van der Waals surface area contributed by atoms with E-state index in [0.717, 1.165) is 6.42 Å². The fourth-order valence-corrected chi connectivity index (χ4v) is 1.18. The molecular weight excluding hydrogens is 172 g/mol. The van der Waals surface area contributed by atoms with E-state index in [0.29, 0.717) is 5.88 Å². The Bertz CT molecular complexity index is 247. The minimum absolute atomic E-state index is 0.0740. The summed E-state index contributed by atoms with van der Waals surface area (Å²) in [4.78, 5) is 0. The number of nitrogens with zero attached hydrogens (tertiary/aromatic N) is 2. The van der Waals surface area contributed by atoms with E-state index in [4.69, 9.17) is 11.6 Å². The van der Waals surface area contributed by atoms with Crippen LogP contribution >= 0.6 is 11.6 Å². The van der Waals surface area contributed by atoms with Gasteiger partial charge in [-0.2, -0.15) is 5.10 Å². The van der Waals surface area contributed by atoms with Gasteiger partial charge in [-0.3, -0.25) is 4.68 Å². The van der Waals surface area contributed by atoms with Gasteiger partial charge in [0.05, 0.1) is 11.7 Å². The Kier molecular flexibility index (Phi) is 2.78. The molecule has 1 heterocycles. The van der Waals surface area contributed by atoms with Crippen LogP contribution in [0.2, 0.25) is 0 Å². The largest absolute Gasteiger partial charge is 0.267 e. The van der Waals surface area contributed by atoms with Gasteiger partial charge in [-0.1, -0.05) is 0 Å². The Hall–Kier alpha value is -0.500. The maximum Gasteiger partial charge on any atom is 0.0543 e. The molecule has 0 aliphatic rings. The minimum atomic E-state index is 0.0740. The maximum atomic E-state index is 5.62. The lowest BCUT2D eigenvalue weighted by atomic mass is 10.1. The summed E-state index contributed by atoms with van der Waals surface area (Å²) in [5.74, 6) is 0.663. The molecule has 0 N–H and O–H groups in total. The van der Waals surface area contributed by atoms with Crippen LogP contribution in [0.3, 0.4) is 0 Å². The van der Waals surface area contributed by atoms with Gasteiger partial charge in [0.2, 0.25) is 0 Å². The third-order valence-corrected chi connectivity index (χ3v) is 1.90. The van der Waals surface area contributed by atoms with E-state index in [1.807, 2.05) is 10.9 Å². The van der Waals surface area contributed by atoms with E-state index < -0.39 is 0 Å². The van der Waals surface area contributed by atoms with Gasteiger partial charge in [-0.15, -0.1) is 11.6 Å². The summed E-state index contributed by atoms with van der Waals surface area (Å²) >= 11 is 5.62. The number of rotatable bonds is 2. The summed E-state index contributed by atoms with van der Waals surface area (Å²) < 4.78 is 1.97. The average molecular weight is 187 g/mol. The van der Waals surface area contributed by atoms with Gasteiger partial charge >= 0.3 is 0 Å². The summed E-state index contributed by atoms with van der Waals surface area (Å²) in [6, 6.07) is 0. The second kappa shape index (κ2) is 3.48. The van der Waals surface area contributed by atoms with Crippen LogP contribution in [-0.2, 0) is 12.0 Å². The van der Waals surface area contributed by atoms with Gasteiger partial charge in [-0.25, -0.2) is 0 Å². The lowest BCUT2D eigenvalue weighted by Crippen LogP contribution is -2.21. The first kappa shape index (κ1) is 9.59.